The Morgan fingerprint density at radius 3 is 2.70 bits per heavy atom. The zero-order valence-corrected chi connectivity index (χ0v) is 12.6. The lowest BCUT2D eigenvalue weighted by atomic mass is 10.0. The van der Waals surface area contributed by atoms with Crippen molar-refractivity contribution < 1.29 is 4.74 Å². The maximum atomic E-state index is 5.87. The fourth-order valence-electron chi connectivity index (χ4n) is 1.96. The Bertz CT molecular complexity index is 640. The van der Waals surface area contributed by atoms with E-state index in [0.717, 1.165) is 28.6 Å². The van der Waals surface area contributed by atoms with Gasteiger partial charge in [0.15, 0.2) is 0 Å². The maximum Gasteiger partial charge on any atom is 0.135 e. The van der Waals surface area contributed by atoms with Crippen LogP contribution in [0.15, 0.2) is 36.4 Å². The molecule has 0 radical (unpaired) electrons. The number of nitrogens with zero attached hydrogens (tertiary/aromatic N) is 1. The molecule has 2 aromatic carbocycles. The SMILES string of the molecule is CN(C)CCOc1ccc2ccccc2c1C#CCCl. The van der Waals surface area contributed by atoms with Crippen LogP contribution in [0, 0.1) is 11.8 Å². The second kappa shape index (κ2) is 7.19. The number of hydrogen-bond donors (Lipinski definition) is 0. The summed E-state index contributed by atoms with van der Waals surface area (Å²) in [6.07, 6.45) is 0. The molecule has 0 aliphatic heterocycles. The molecule has 0 bridgehead atoms. The van der Waals surface area contributed by atoms with Crippen molar-refractivity contribution in [2.45, 2.75) is 0 Å². The van der Waals surface area contributed by atoms with E-state index in [0.29, 0.717) is 12.5 Å². The van der Waals surface area contributed by atoms with E-state index in [1.807, 2.05) is 32.3 Å². The first-order valence-electron chi connectivity index (χ1n) is 6.56. The minimum atomic E-state index is 0.320. The summed E-state index contributed by atoms with van der Waals surface area (Å²) >= 11 is 5.68. The number of fused-ring (bicyclic) bond motifs is 1. The number of rotatable bonds is 4. The first-order chi connectivity index (χ1) is 9.72. The average molecular weight is 288 g/mol. The molecule has 0 unspecified atom stereocenters. The van der Waals surface area contributed by atoms with E-state index >= 15 is 0 Å². The molecule has 0 saturated carbocycles. The summed E-state index contributed by atoms with van der Waals surface area (Å²) in [7, 11) is 4.05. The summed E-state index contributed by atoms with van der Waals surface area (Å²) in [6.45, 7) is 1.51. The number of halogens is 1. The van der Waals surface area contributed by atoms with Crippen LogP contribution in [0.25, 0.3) is 10.8 Å². The van der Waals surface area contributed by atoms with Gasteiger partial charge in [0.05, 0.1) is 11.4 Å². The molecule has 0 spiro atoms. The molecule has 2 aromatic rings. The molecule has 0 N–H and O–H groups in total. The zero-order chi connectivity index (χ0) is 14.4. The number of benzene rings is 2. The van der Waals surface area contributed by atoms with Crippen LogP contribution in [-0.2, 0) is 0 Å². The molecule has 3 heteroatoms. The van der Waals surface area contributed by atoms with Gasteiger partial charge in [0.2, 0.25) is 0 Å². The summed E-state index contributed by atoms with van der Waals surface area (Å²) in [4.78, 5) is 2.09. The first kappa shape index (κ1) is 14.7. The van der Waals surface area contributed by atoms with Crippen molar-refractivity contribution in [3.05, 3.63) is 42.0 Å². The standard InChI is InChI=1S/C17H18ClNO/c1-19(2)12-13-20-17-10-9-14-6-3-4-7-15(14)16(17)8-5-11-18/h3-4,6-7,9-10H,11-13H2,1-2H3. The molecule has 0 saturated heterocycles. The smallest absolute Gasteiger partial charge is 0.135 e. The monoisotopic (exact) mass is 287 g/mol. The Labute approximate surface area is 125 Å². The van der Waals surface area contributed by atoms with Gasteiger partial charge in [-0.05, 0) is 25.5 Å². The third kappa shape index (κ3) is 3.66. The van der Waals surface area contributed by atoms with E-state index in [1.165, 1.54) is 0 Å². The fraction of sp³-hybridized carbons (Fsp3) is 0.294. The third-order valence-corrected chi connectivity index (χ3v) is 3.10. The van der Waals surface area contributed by atoms with Gasteiger partial charge in [0.25, 0.3) is 0 Å². The van der Waals surface area contributed by atoms with Crippen LogP contribution in [0.4, 0.5) is 0 Å². The highest BCUT2D eigenvalue weighted by Gasteiger charge is 2.06. The van der Waals surface area contributed by atoms with Crippen molar-refractivity contribution in [1.29, 1.82) is 0 Å². The van der Waals surface area contributed by atoms with Crippen molar-refractivity contribution in [3.63, 3.8) is 0 Å². The van der Waals surface area contributed by atoms with Gasteiger partial charge in [-0.2, -0.15) is 0 Å². The Balaban J connectivity index is 2.37. The van der Waals surface area contributed by atoms with Gasteiger partial charge >= 0.3 is 0 Å². The van der Waals surface area contributed by atoms with Gasteiger partial charge in [0, 0.05) is 11.9 Å². The second-order valence-corrected chi connectivity index (χ2v) is 5.01. The van der Waals surface area contributed by atoms with Gasteiger partial charge in [-0.3, -0.25) is 0 Å². The van der Waals surface area contributed by atoms with Crippen LogP contribution in [0.2, 0.25) is 0 Å². The van der Waals surface area contributed by atoms with Crippen LogP contribution in [0.3, 0.4) is 0 Å². The topological polar surface area (TPSA) is 12.5 Å². The van der Waals surface area contributed by atoms with Crippen LogP contribution in [-0.4, -0.2) is 38.0 Å². The second-order valence-electron chi connectivity index (χ2n) is 4.75. The minimum Gasteiger partial charge on any atom is -0.491 e. The van der Waals surface area contributed by atoms with Crippen molar-refractivity contribution in [3.8, 4) is 17.6 Å². The molecule has 104 valence electrons. The predicted octanol–water partition coefficient (Wildman–Crippen LogP) is 3.37. The van der Waals surface area contributed by atoms with Gasteiger partial charge in [-0.15, -0.1) is 11.6 Å². The van der Waals surface area contributed by atoms with E-state index in [9.17, 15) is 0 Å². The Morgan fingerprint density at radius 2 is 1.95 bits per heavy atom. The van der Waals surface area contributed by atoms with Crippen molar-refractivity contribution in [1.82, 2.24) is 4.90 Å². The molecule has 2 nitrogen and oxygen atoms in total. The molecule has 0 aromatic heterocycles. The molecule has 0 aliphatic rings. The maximum absolute atomic E-state index is 5.87. The van der Waals surface area contributed by atoms with Crippen LogP contribution in [0.5, 0.6) is 5.75 Å². The van der Waals surface area contributed by atoms with Gasteiger partial charge in [-0.25, -0.2) is 0 Å². The number of hydrogen-bond acceptors (Lipinski definition) is 2. The normalized spacial score (nSPS) is 10.4. The Morgan fingerprint density at radius 1 is 1.15 bits per heavy atom. The van der Waals surface area contributed by atoms with E-state index in [1.54, 1.807) is 0 Å². The van der Waals surface area contributed by atoms with Gasteiger partial charge in [-0.1, -0.05) is 42.2 Å². The molecule has 2 rings (SSSR count). The molecule has 0 atom stereocenters. The van der Waals surface area contributed by atoms with E-state index in [4.69, 9.17) is 16.3 Å². The quantitative estimate of drug-likeness (QED) is 0.631. The van der Waals surface area contributed by atoms with Gasteiger partial charge < -0.3 is 9.64 Å². The predicted molar refractivity (Wildman–Crippen MR) is 85.6 cm³/mol. The van der Waals surface area contributed by atoms with Gasteiger partial charge in [0.1, 0.15) is 12.4 Å². The minimum absolute atomic E-state index is 0.320. The summed E-state index contributed by atoms with van der Waals surface area (Å²) < 4.78 is 5.87. The molecule has 0 amide bonds. The van der Waals surface area contributed by atoms with Crippen molar-refractivity contribution >= 4 is 22.4 Å². The number of alkyl halides is 1. The van der Waals surface area contributed by atoms with E-state index < -0.39 is 0 Å². The molecule has 0 heterocycles. The van der Waals surface area contributed by atoms with Crippen LogP contribution >= 0.6 is 11.6 Å². The highest BCUT2D eigenvalue weighted by atomic mass is 35.5. The lowest BCUT2D eigenvalue weighted by molar-refractivity contribution is 0.261. The molecular formula is C17H18ClNO. The van der Waals surface area contributed by atoms with Crippen molar-refractivity contribution in [2.75, 3.05) is 33.1 Å². The lowest BCUT2D eigenvalue weighted by Gasteiger charge is -2.13. The molecular weight excluding hydrogens is 270 g/mol. The number of likely N-dealkylation sites (N-methyl/N-ethyl adjacent to an activating group) is 1. The lowest BCUT2D eigenvalue weighted by Crippen LogP contribution is -2.19. The van der Waals surface area contributed by atoms with E-state index in [2.05, 4.69) is 34.9 Å². The summed E-state index contributed by atoms with van der Waals surface area (Å²) in [5.41, 5.74) is 0.919. The third-order valence-electron chi connectivity index (χ3n) is 2.97. The zero-order valence-electron chi connectivity index (χ0n) is 11.8. The van der Waals surface area contributed by atoms with Crippen LogP contribution in [0.1, 0.15) is 5.56 Å². The van der Waals surface area contributed by atoms with Crippen molar-refractivity contribution in [2.24, 2.45) is 0 Å². The Kier molecular flexibility index (Phi) is 5.29. The number of ether oxygens (including phenoxy) is 1. The highest BCUT2D eigenvalue weighted by Crippen LogP contribution is 2.27. The summed E-state index contributed by atoms with van der Waals surface area (Å²) in [6, 6.07) is 12.2. The molecule has 0 fully saturated rings. The summed E-state index contributed by atoms with van der Waals surface area (Å²) in [5, 5.41) is 2.26. The Hall–Kier alpha value is -1.69. The summed E-state index contributed by atoms with van der Waals surface area (Å²) in [5.74, 6) is 7.19. The fourth-order valence-corrected chi connectivity index (χ4v) is 2.03. The molecule has 0 aliphatic carbocycles. The largest absolute Gasteiger partial charge is 0.491 e. The highest BCUT2D eigenvalue weighted by molar-refractivity contribution is 6.19. The molecule has 20 heavy (non-hydrogen) atoms. The first-order valence-corrected chi connectivity index (χ1v) is 7.10. The van der Waals surface area contributed by atoms with E-state index in [-0.39, 0.29) is 0 Å². The van der Waals surface area contributed by atoms with Crippen LogP contribution < -0.4 is 4.74 Å². The average Bonchev–Trinajstić information content (AvgIpc) is 2.45.